The molecule has 0 unspecified atom stereocenters. The fraction of sp³-hybridized carbons (Fsp3) is 0.235. The zero-order chi connectivity index (χ0) is 16.8. The first kappa shape index (κ1) is 14.2. The highest BCUT2D eigenvalue weighted by molar-refractivity contribution is 5.47. The molecule has 5 rings (SSSR count). The maximum atomic E-state index is 14.3. The van der Waals surface area contributed by atoms with Crippen LogP contribution in [0.2, 0.25) is 0 Å². The van der Waals surface area contributed by atoms with E-state index >= 15 is 0 Å². The van der Waals surface area contributed by atoms with E-state index in [0.717, 1.165) is 11.3 Å². The van der Waals surface area contributed by atoms with Gasteiger partial charge in [-0.25, -0.2) is 9.07 Å². The Hall–Kier alpha value is -3.16. The molecule has 3 aromatic rings. The van der Waals surface area contributed by atoms with Crippen LogP contribution in [0.3, 0.4) is 0 Å². The molecule has 3 heterocycles. The summed E-state index contributed by atoms with van der Waals surface area (Å²) in [7, 11) is 0. The minimum Gasteiger partial charge on any atom is -0.454 e. The number of hydrogen-bond acceptors (Lipinski definition) is 6. The second-order valence-corrected chi connectivity index (χ2v) is 6.03. The molecule has 0 bridgehead atoms. The van der Waals surface area contributed by atoms with Crippen molar-refractivity contribution in [2.45, 2.75) is 18.5 Å². The fourth-order valence-electron chi connectivity index (χ4n) is 3.39. The molecule has 0 amide bonds. The van der Waals surface area contributed by atoms with E-state index in [0.29, 0.717) is 23.7 Å². The molecule has 2 aliphatic rings. The lowest BCUT2D eigenvalue weighted by atomic mass is 9.93. The Balaban J connectivity index is 1.55. The van der Waals surface area contributed by atoms with Crippen LogP contribution in [-0.2, 0) is 0 Å². The van der Waals surface area contributed by atoms with Gasteiger partial charge in [0, 0.05) is 5.56 Å². The van der Waals surface area contributed by atoms with Gasteiger partial charge in [-0.2, -0.15) is 0 Å². The molecule has 7 nitrogen and oxygen atoms in total. The lowest BCUT2D eigenvalue weighted by molar-refractivity contribution is 0.174. The standard InChI is InChI=1S/C17H14FN5O2/c18-12-4-2-1-3-11(12)14-8-13(19-17-20-21-22-23(14)17)10-5-6-15-16(7-10)25-9-24-15/h1-7,13-14H,8-9H2,(H,19,20,22)/t13-,14-/m1/s1. The third-order valence-electron chi connectivity index (χ3n) is 4.61. The van der Waals surface area contributed by atoms with Crippen LogP contribution in [0.25, 0.3) is 0 Å². The van der Waals surface area contributed by atoms with Gasteiger partial charge in [-0.3, -0.25) is 0 Å². The monoisotopic (exact) mass is 339 g/mol. The Morgan fingerprint density at radius 2 is 2.00 bits per heavy atom. The number of halogens is 1. The molecule has 0 radical (unpaired) electrons. The second kappa shape index (κ2) is 5.44. The predicted molar refractivity (Wildman–Crippen MR) is 85.9 cm³/mol. The van der Waals surface area contributed by atoms with Crippen molar-refractivity contribution in [3.05, 3.63) is 59.4 Å². The minimum atomic E-state index is -0.289. The number of tetrazole rings is 1. The van der Waals surface area contributed by atoms with Crippen molar-refractivity contribution in [1.29, 1.82) is 0 Å². The van der Waals surface area contributed by atoms with Gasteiger partial charge >= 0.3 is 0 Å². The Morgan fingerprint density at radius 1 is 1.12 bits per heavy atom. The van der Waals surface area contributed by atoms with Gasteiger partial charge in [0.25, 0.3) is 0 Å². The van der Waals surface area contributed by atoms with Crippen LogP contribution in [0.15, 0.2) is 42.5 Å². The quantitative estimate of drug-likeness (QED) is 0.774. The topological polar surface area (TPSA) is 74.1 Å². The zero-order valence-corrected chi connectivity index (χ0v) is 13.1. The van der Waals surface area contributed by atoms with Gasteiger partial charge in [0.15, 0.2) is 11.5 Å². The van der Waals surface area contributed by atoms with Crippen molar-refractivity contribution in [2.75, 3.05) is 12.1 Å². The molecule has 8 heteroatoms. The van der Waals surface area contributed by atoms with Crippen LogP contribution in [0.4, 0.5) is 10.3 Å². The number of ether oxygens (including phenoxy) is 2. The molecule has 0 aliphatic carbocycles. The van der Waals surface area contributed by atoms with E-state index in [1.165, 1.54) is 6.07 Å². The lowest BCUT2D eigenvalue weighted by Gasteiger charge is -2.31. The summed E-state index contributed by atoms with van der Waals surface area (Å²) in [5.41, 5.74) is 1.59. The third-order valence-corrected chi connectivity index (χ3v) is 4.61. The van der Waals surface area contributed by atoms with Crippen molar-refractivity contribution >= 4 is 5.95 Å². The highest BCUT2D eigenvalue weighted by atomic mass is 19.1. The van der Waals surface area contributed by atoms with E-state index in [1.807, 2.05) is 24.3 Å². The molecule has 0 spiro atoms. The van der Waals surface area contributed by atoms with Gasteiger partial charge in [-0.1, -0.05) is 29.4 Å². The van der Waals surface area contributed by atoms with Crippen molar-refractivity contribution in [3.63, 3.8) is 0 Å². The van der Waals surface area contributed by atoms with Crippen molar-refractivity contribution in [2.24, 2.45) is 0 Å². The van der Waals surface area contributed by atoms with Crippen LogP contribution in [0.5, 0.6) is 11.5 Å². The van der Waals surface area contributed by atoms with E-state index < -0.39 is 0 Å². The number of aromatic nitrogens is 4. The molecule has 126 valence electrons. The first-order chi connectivity index (χ1) is 12.3. The van der Waals surface area contributed by atoms with Gasteiger partial charge < -0.3 is 14.8 Å². The van der Waals surface area contributed by atoms with E-state index in [9.17, 15) is 4.39 Å². The second-order valence-electron chi connectivity index (χ2n) is 6.03. The fourth-order valence-corrected chi connectivity index (χ4v) is 3.39. The molecule has 0 saturated heterocycles. The first-order valence-electron chi connectivity index (χ1n) is 7.98. The van der Waals surface area contributed by atoms with Crippen molar-refractivity contribution < 1.29 is 13.9 Å². The zero-order valence-electron chi connectivity index (χ0n) is 13.1. The van der Waals surface area contributed by atoms with E-state index in [2.05, 4.69) is 20.8 Å². The van der Waals surface area contributed by atoms with Gasteiger partial charge in [-0.05, 0) is 40.6 Å². The number of benzene rings is 2. The van der Waals surface area contributed by atoms with Crippen LogP contribution in [0.1, 0.15) is 29.6 Å². The average molecular weight is 339 g/mol. The maximum absolute atomic E-state index is 14.3. The smallest absolute Gasteiger partial charge is 0.243 e. The van der Waals surface area contributed by atoms with E-state index in [1.54, 1.807) is 16.8 Å². The SMILES string of the molecule is Fc1ccccc1[C@H]1C[C@H](c2ccc3c(c2)OCO3)Nc2nnnn21. The van der Waals surface area contributed by atoms with Crippen LogP contribution in [0, 0.1) is 5.82 Å². The number of anilines is 1. The minimum absolute atomic E-state index is 0.0717. The lowest BCUT2D eigenvalue weighted by Crippen LogP contribution is -2.28. The van der Waals surface area contributed by atoms with E-state index in [-0.39, 0.29) is 24.7 Å². The molecular weight excluding hydrogens is 325 g/mol. The van der Waals surface area contributed by atoms with Crippen LogP contribution in [-0.4, -0.2) is 27.0 Å². The third kappa shape index (κ3) is 2.29. The number of nitrogens with one attached hydrogen (secondary N) is 1. The summed E-state index contributed by atoms with van der Waals surface area (Å²) in [6.07, 6.45) is 0.610. The summed E-state index contributed by atoms with van der Waals surface area (Å²) >= 11 is 0. The van der Waals surface area contributed by atoms with E-state index in [4.69, 9.17) is 9.47 Å². The van der Waals surface area contributed by atoms with Gasteiger partial charge in [-0.15, -0.1) is 0 Å². The summed E-state index contributed by atoms with van der Waals surface area (Å²) in [5, 5.41) is 15.1. The summed E-state index contributed by atoms with van der Waals surface area (Å²) in [6, 6.07) is 12.2. The molecule has 2 aliphatic heterocycles. The Labute approximate surface area is 142 Å². The molecule has 1 aromatic heterocycles. The molecular formula is C17H14FN5O2. The average Bonchev–Trinajstić information content (AvgIpc) is 3.29. The molecule has 2 atom stereocenters. The Morgan fingerprint density at radius 3 is 2.92 bits per heavy atom. The predicted octanol–water partition coefficient (Wildman–Crippen LogP) is 2.69. The summed E-state index contributed by atoms with van der Waals surface area (Å²) in [6.45, 7) is 0.229. The molecule has 25 heavy (non-hydrogen) atoms. The van der Waals surface area contributed by atoms with Gasteiger partial charge in [0.2, 0.25) is 12.7 Å². The summed E-state index contributed by atoms with van der Waals surface area (Å²) in [5.74, 6) is 1.70. The van der Waals surface area contributed by atoms with Crippen LogP contribution >= 0.6 is 0 Å². The highest BCUT2D eigenvalue weighted by Crippen LogP contribution is 2.41. The normalized spacial score (nSPS) is 20.8. The maximum Gasteiger partial charge on any atom is 0.243 e. The van der Waals surface area contributed by atoms with Gasteiger partial charge in [0.05, 0.1) is 12.1 Å². The van der Waals surface area contributed by atoms with Crippen LogP contribution < -0.4 is 14.8 Å². The Kier molecular flexibility index (Phi) is 3.09. The molecule has 0 fully saturated rings. The number of nitrogens with zero attached hydrogens (tertiary/aromatic N) is 4. The molecule has 0 saturated carbocycles. The first-order valence-corrected chi connectivity index (χ1v) is 7.98. The van der Waals surface area contributed by atoms with Crippen molar-refractivity contribution in [1.82, 2.24) is 20.2 Å². The molecule has 2 aromatic carbocycles. The van der Waals surface area contributed by atoms with Crippen molar-refractivity contribution in [3.8, 4) is 11.5 Å². The molecule has 1 N–H and O–H groups in total. The number of rotatable bonds is 2. The highest BCUT2D eigenvalue weighted by Gasteiger charge is 2.32. The summed E-state index contributed by atoms with van der Waals surface area (Å²) in [4.78, 5) is 0. The summed E-state index contributed by atoms with van der Waals surface area (Å²) < 4.78 is 26.8. The number of hydrogen-bond donors (Lipinski definition) is 1. The Bertz CT molecular complexity index is 944. The number of fused-ring (bicyclic) bond motifs is 2. The largest absolute Gasteiger partial charge is 0.454 e. The van der Waals surface area contributed by atoms with Gasteiger partial charge in [0.1, 0.15) is 5.82 Å².